The van der Waals surface area contributed by atoms with Gasteiger partial charge >= 0.3 is 0 Å². The van der Waals surface area contributed by atoms with Gasteiger partial charge in [0.15, 0.2) is 0 Å². The first-order valence-electron chi connectivity index (χ1n) is 8.01. The molecule has 1 saturated carbocycles. The second kappa shape index (κ2) is 6.58. The molecule has 0 aromatic heterocycles. The van der Waals surface area contributed by atoms with Crippen molar-refractivity contribution < 1.29 is 4.79 Å². The molecule has 1 aromatic carbocycles. The Balaban J connectivity index is 1.65. The Bertz CT molecular complexity index is 464. The summed E-state index contributed by atoms with van der Waals surface area (Å²) in [5, 5.41) is 2.82. The van der Waals surface area contributed by atoms with E-state index in [0.717, 1.165) is 37.7 Å². The highest BCUT2D eigenvalue weighted by atomic mass is 16.2. The molecular weight excluding hydrogens is 262 g/mol. The predicted octanol–water partition coefficient (Wildman–Crippen LogP) is 1.50. The number of likely N-dealkylation sites (N-methyl/N-ethyl adjacent to an activating group) is 1. The molecule has 1 saturated heterocycles. The van der Waals surface area contributed by atoms with Crippen molar-refractivity contribution in [2.45, 2.75) is 18.9 Å². The van der Waals surface area contributed by atoms with Gasteiger partial charge in [-0.25, -0.2) is 0 Å². The highest BCUT2D eigenvalue weighted by Crippen LogP contribution is 2.30. The number of hydrogen-bond acceptors (Lipinski definition) is 3. The number of benzene rings is 1. The summed E-state index contributed by atoms with van der Waals surface area (Å²) in [5.41, 5.74) is 1.09. The van der Waals surface area contributed by atoms with Crippen LogP contribution in [0.1, 0.15) is 24.4 Å². The van der Waals surface area contributed by atoms with Crippen molar-refractivity contribution in [3.63, 3.8) is 0 Å². The van der Waals surface area contributed by atoms with E-state index >= 15 is 0 Å². The van der Waals surface area contributed by atoms with Gasteiger partial charge in [0.25, 0.3) is 0 Å². The van der Waals surface area contributed by atoms with E-state index in [0.29, 0.717) is 0 Å². The van der Waals surface area contributed by atoms with Crippen molar-refractivity contribution in [3.8, 4) is 0 Å². The van der Waals surface area contributed by atoms with Gasteiger partial charge in [0.05, 0.1) is 0 Å². The minimum Gasteiger partial charge on any atom is -0.358 e. The fraction of sp³-hybridized carbons (Fsp3) is 0.588. The highest BCUT2D eigenvalue weighted by Gasteiger charge is 2.31. The van der Waals surface area contributed by atoms with Crippen LogP contribution >= 0.6 is 0 Å². The van der Waals surface area contributed by atoms with Crippen molar-refractivity contribution in [3.05, 3.63) is 35.9 Å². The quantitative estimate of drug-likeness (QED) is 0.891. The normalized spacial score (nSPS) is 22.0. The van der Waals surface area contributed by atoms with Crippen LogP contribution in [0.5, 0.6) is 0 Å². The van der Waals surface area contributed by atoms with E-state index in [1.807, 2.05) is 18.2 Å². The third kappa shape index (κ3) is 3.63. The van der Waals surface area contributed by atoms with Gasteiger partial charge in [-0.1, -0.05) is 30.3 Å². The highest BCUT2D eigenvalue weighted by molar-refractivity contribution is 5.82. The van der Waals surface area contributed by atoms with Gasteiger partial charge in [-0.2, -0.15) is 0 Å². The topological polar surface area (TPSA) is 35.6 Å². The number of nitrogens with zero attached hydrogens (tertiary/aromatic N) is 2. The molecule has 21 heavy (non-hydrogen) atoms. The van der Waals surface area contributed by atoms with Crippen LogP contribution in [0.3, 0.4) is 0 Å². The van der Waals surface area contributed by atoms with Crippen LogP contribution in [-0.4, -0.2) is 55.5 Å². The molecule has 114 valence electrons. The zero-order valence-electron chi connectivity index (χ0n) is 12.8. The van der Waals surface area contributed by atoms with E-state index in [2.05, 4.69) is 27.2 Å². The molecule has 1 aliphatic carbocycles. The van der Waals surface area contributed by atoms with Crippen LogP contribution in [-0.2, 0) is 4.79 Å². The Hall–Kier alpha value is -1.39. The van der Waals surface area contributed by atoms with Crippen LogP contribution in [0.25, 0.3) is 0 Å². The van der Waals surface area contributed by atoms with Gasteiger partial charge in [-0.05, 0) is 24.3 Å². The molecule has 0 spiro atoms. The van der Waals surface area contributed by atoms with Gasteiger partial charge in [0, 0.05) is 39.8 Å². The van der Waals surface area contributed by atoms with Crippen molar-refractivity contribution in [2.24, 2.45) is 5.92 Å². The smallest absolute Gasteiger partial charge is 0.241 e. The second-order valence-corrected chi connectivity index (χ2v) is 6.21. The Morgan fingerprint density at radius 1 is 1.19 bits per heavy atom. The van der Waals surface area contributed by atoms with E-state index in [9.17, 15) is 4.79 Å². The molecule has 1 atom stereocenters. The molecule has 1 unspecified atom stereocenters. The molecule has 1 heterocycles. The summed E-state index contributed by atoms with van der Waals surface area (Å²) < 4.78 is 0. The minimum atomic E-state index is -0.153. The van der Waals surface area contributed by atoms with E-state index in [1.54, 1.807) is 7.05 Å². The largest absolute Gasteiger partial charge is 0.358 e. The lowest BCUT2D eigenvalue weighted by Crippen LogP contribution is -2.51. The number of nitrogens with one attached hydrogen (secondary N) is 1. The van der Waals surface area contributed by atoms with Gasteiger partial charge in [-0.3, -0.25) is 9.69 Å². The van der Waals surface area contributed by atoms with Crippen molar-refractivity contribution in [1.29, 1.82) is 0 Å². The number of amides is 1. The minimum absolute atomic E-state index is 0.0943. The Morgan fingerprint density at radius 3 is 2.43 bits per heavy atom. The average Bonchev–Trinajstić information content (AvgIpc) is 3.34. The molecule has 1 aliphatic heterocycles. The van der Waals surface area contributed by atoms with Gasteiger partial charge in [0.1, 0.15) is 6.04 Å². The second-order valence-electron chi connectivity index (χ2n) is 6.21. The summed E-state index contributed by atoms with van der Waals surface area (Å²) >= 11 is 0. The van der Waals surface area contributed by atoms with Crippen LogP contribution < -0.4 is 5.32 Å². The Morgan fingerprint density at radius 2 is 1.86 bits per heavy atom. The Kier molecular flexibility index (Phi) is 4.56. The van der Waals surface area contributed by atoms with Gasteiger partial charge in [0.2, 0.25) is 5.91 Å². The molecule has 4 heteroatoms. The van der Waals surface area contributed by atoms with E-state index in [-0.39, 0.29) is 11.9 Å². The lowest BCUT2D eigenvalue weighted by molar-refractivity contribution is -0.127. The van der Waals surface area contributed by atoms with Gasteiger partial charge < -0.3 is 10.2 Å². The van der Waals surface area contributed by atoms with Crippen molar-refractivity contribution in [2.75, 3.05) is 39.8 Å². The maximum atomic E-state index is 12.3. The van der Waals surface area contributed by atoms with E-state index in [1.165, 1.54) is 19.4 Å². The maximum Gasteiger partial charge on any atom is 0.241 e. The fourth-order valence-electron chi connectivity index (χ4n) is 3.17. The molecule has 1 aromatic rings. The molecule has 3 rings (SSSR count). The van der Waals surface area contributed by atoms with Crippen LogP contribution in [0, 0.1) is 5.92 Å². The van der Waals surface area contributed by atoms with E-state index in [4.69, 9.17) is 0 Å². The van der Waals surface area contributed by atoms with Crippen molar-refractivity contribution in [1.82, 2.24) is 15.1 Å². The standard InChI is InChI=1S/C17H25N3O/c1-18-17(21)16(15-5-3-2-4-6-15)20-11-9-19(10-12-20)13-14-7-8-14/h2-6,14,16H,7-13H2,1H3,(H,18,21). The molecule has 1 amide bonds. The summed E-state index contributed by atoms with van der Waals surface area (Å²) in [6.45, 7) is 5.36. The number of piperazine rings is 1. The average molecular weight is 287 g/mol. The monoisotopic (exact) mass is 287 g/mol. The molecule has 1 N–H and O–H groups in total. The molecule has 2 aliphatic rings. The molecular formula is C17H25N3O. The molecule has 0 radical (unpaired) electrons. The van der Waals surface area contributed by atoms with Crippen LogP contribution in [0.15, 0.2) is 30.3 Å². The Labute approximate surface area is 127 Å². The SMILES string of the molecule is CNC(=O)C(c1ccccc1)N1CCN(CC2CC2)CC1. The number of rotatable bonds is 5. The first kappa shape index (κ1) is 14.5. The van der Waals surface area contributed by atoms with Gasteiger partial charge in [-0.15, -0.1) is 0 Å². The maximum absolute atomic E-state index is 12.3. The summed E-state index contributed by atoms with van der Waals surface area (Å²) in [5.74, 6) is 1.04. The van der Waals surface area contributed by atoms with E-state index < -0.39 is 0 Å². The zero-order chi connectivity index (χ0) is 14.7. The summed E-state index contributed by atoms with van der Waals surface area (Å²) in [6.07, 6.45) is 2.82. The molecule has 0 bridgehead atoms. The summed E-state index contributed by atoms with van der Waals surface area (Å²) in [6, 6.07) is 9.97. The first-order chi connectivity index (χ1) is 10.3. The number of carbonyl (C=O) groups is 1. The summed E-state index contributed by atoms with van der Waals surface area (Å²) in [7, 11) is 1.72. The van der Waals surface area contributed by atoms with Crippen LogP contribution in [0.2, 0.25) is 0 Å². The van der Waals surface area contributed by atoms with Crippen molar-refractivity contribution >= 4 is 5.91 Å². The van der Waals surface area contributed by atoms with Crippen LogP contribution in [0.4, 0.5) is 0 Å². The third-order valence-corrected chi connectivity index (χ3v) is 4.60. The lowest BCUT2D eigenvalue weighted by atomic mass is 10.0. The fourth-order valence-corrected chi connectivity index (χ4v) is 3.17. The number of carbonyl (C=O) groups excluding carboxylic acids is 1. The predicted molar refractivity (Wildman–Crippen MR) is 84.0 cm³/mol. The first-order valence-corrected chi connectivity index (χ1v) is 8.01. The third-order valence-electron chi connectivity index (χ3n) is 4.60. The number of hydrogen-bond donors (Lipinski definition) is 1. The zero-order valence-corrected chi connectivity index (χ0v) is 12.8. The summed E-state index contributed by atoms with van der Waals surface area (Å²) in [4.78, 5) is 17.2. The lowest BCUT2D eigenvalue weighted by Gasteiger charge is -2.38. The molecule has 4 nitrogen and oxygen atoms in total. The molecule has 2 fully saturated rings.